The predicted octanol–water partition coefficient (Wildman–Crippen LogP) is 4.54. The highest BCUT2D eigenvalue weighted by atomic mass is 16.4. The quantitative estimate of drug-likeness (QED) is 0.884. The van der Waals surface area contributed by atoms with Crippen LogP contribution in [-0.4, -0.2) is 15.3 Å². The molecule has 0 aliphatic heterocycles. The summed E-state index contributed by atoms with van der Waals surface area (Å²) in [6, 6.07) is 4.02. The van der Waals surface area contributed by atoms with Gasteiger partial charge in [-0.15, -0.1) is 10.2 Å². The summed E-state index contributed by atoms with van der Waals surface area (Å²) >= 11 is 0. The van der Waals surface area contributed by atoms with Crippen LogP contribution in [0.1, 0.15) is 64.1 Å². The lowest BCUT2D eigenvalue weighted by atomic mass is 9.78. The molecule has 0 aliphatic rings. The van der Waals surface area contributed by atoms with Crippen LogP contribution >= 0.6 is 0 Å². The molecule has 0 aliphatic carbocycles. The maximum atomic E-state index is 10.7. The summed E-state index contributed by atoms with van der Waals surface area (Å²) in [5.74, 6) is 0.845. The Morgan fingerprint density at radius 2 is 1.50 bits per heavy atom. The Morgan fingerprint density at radius 3 is 1.91 bits per heavy atom. The summed E-state index contributed by atoms with van der Waals surface area (Å²) in [5, 5.41) is 18.2. The topological polar surface area (TPSA) is 59.2 Å². The van der Waals surface area contributed by atoms with Gasteiger partial charge in [0.25, 0.3) is 0 Å². The molecule has 118 valence electrons. The van der Waals surface area contributed by atoms with E-state index in [1.807, 2.05) is 18.2 Å². The number of nitrogens with zero attached hydrogens (tertiary/aromatic N) is 2. The van der Waals surface area contributed by atoms with Gasteiger partial charge in [0.2, 0.25) is 12.3 Å². The van der Waals surface area contributed by atoms with E-state index < -0.39 is 0 Å². The van der Waals surface area contributed by atoms with Crippen molar-refractivity contribution >= 4 is 12.2 Å². The maximum absolute atomic E-state index is 10.7. The molecule has 2 aromatic rings. The van der Waals surface area contributed by atoms with Crippen molar-refractivity contribution in [1.82, 2.24) is 10.2 Å². The lowest BCUT2D eigenvalue weighted by Gasteiger charge is -2.27. The number of aromatic nitrogens is 2. The number of phenols is 1. The molecule has 0 spiro atoms. The second-order valence-electron chi connectivity index (χ2n) is 7.57. The summed E-state index contributed by atoms with van der Waals surface area (Å²) in [5.41, 5.74) is 2.60. The molecule has 4 heteroatoms. The van der Waals surface area contributed by atoms with Crippen LogP contribution in [-0.2, 0) is 10.8 Å². The van der Waals surface area contributed by atoms with Crippen molar-refractivity contribution in [3.05, 3.63) is 41.1 Å². The third-order valence-corrected chi connectivity index (χ3v) is 3.54. The Labute approximate surface area is 131 Å². The highest BCUT2D eigenvalue weighted by Crippen LogP contribution is 2.40. The molecular formula is C18H24N2O2. The first-order valence-corrected chi connectivity index (χ1v) is 7.41. The molecule has 0 unspecified atom stereocenters. The van der Waals surface area contributed by atoms with Gasteiger partial charge in [-0.3, -0.25) is 0 Å². The Kier molecular flexibility index (Phi) is 4.14. The second kappa shape index (κ2) is 5.59. The van der Waals surface area contributed by atoms with E-state index in [1.165, 1.54) is 6.39 Å². The number of hydrogen-bond donors (Lipinski definition) is 1. The van der Waals surface area contributed by atoms with E-state index in [0.717, 1.165) is 16.7 Å². The number of hydrogen-bond acceptors (Lipinski definition) is 4. The van der Waals surface area contributed by atoms with E-state index in [9.17, 15) is 5.11 Å². The summed E-state index contributed by atoms with van der Waals surface area (Å²) in [6.45, 7) is 12.6. The molecule has 1 heterocycles. The standard InChI is InChI=1S/C18H24N2O2/c1-17(2,3)13-9-12(7-8-15-20-19-11-22-15)10-14(16(13)21)18(4,5)6/h7-11,21H,1-6H3. The first-order valence-electron chi connectivity index (χ1n) is 7.41. The molecule has 1 N–H and O–H groups in total. The highest BCUT2D eigenvalue weighted by molar-refractivity contribution is 5.68. The zero-order valence-corrected chi connectivity index (χ0v) is 14.1. The zero-order valence-electron chi connectivity index (χ0n) is 14.1. The number of rotatable bonds is 2. The normalized spacial score (nSPS) is 13.0. The van der Waals surface area contributed by atoms with Gasteiger partial charge in [-0.05, 0) is 34.6 Å². The molecule has 0 bridgehead atoms. The Morgan fingerprint density at radius 1 is 0.955 bits per heavy atom. The Hall–Kier alpha value is -2.10. The van der Waals surface area contributed by atoms with Crippen LogP contribution < -0.4 is 0 Å². The molecule has 0 amide bonds. The van der Waals surface area contributed by atoms with Crippen LogP contribution in [0, 0.1) is 0 Å². The molecule has 0 atom stereocenters. The van der Waals surface area contributed by atoms with Gasteiger partial charge >= 0.3 is 0 Å². The minimum absolute atomic E-state index is 0.140. The van der Waals surface area contributed by atoms with Crippen molar-refractivity contribution < 1.29 is 9.52 Å². The van der Waals surface area contributed by atoms with E-state index in [4.69, 9.17) is 4.42 Å². The van der Waals surface area contributed by atoms with Crippen LogP contribution in [0.25, 0.3) is 12.2 Å². The van der Waals surface area contributed by atoms with Crippen molar-refractivity contribution in [1.29, 1.82) is 0 Å². The van der Waals surface area contributed by atoms with Gasteiger partial charge in [-0.1, -0.05) is 41.5 Å². The van der Waals surface area contributed by atoms with E-state index in [-0.39, 0.29) is 10.8 Å². The molecule has 1 aromatic heterocycles. The van der Waals surface area contributed by atoms with Crippen molar-refractivity contribution in [2.45, 2.75) is 52.4 Å². The maximum Gasteiger partial charge on any atom is 0.240 e. The second-order valence-corrected chi connectivity index (χ2v) is 7.57. The third kappa shape index (κ3) is 3.56. The predicted molar refractivity (Wildman–Crippen MR) is 88.7 cm³/mol. The summed E-state index contributed by atoms with van der Waals surface area (Å²) < 4.78 is 5.12. The molecule has 0 saturated carbocycles. The molecule has 22 heavy (non-hydrogen) atoms. The summed E-state index contributed by atoms with van der Waals surface area (Å²) in [4.78, 5) is 0. The third-order valence-electron chi connectivity index (χ3n) is 3.54. The average Bonchev–Trinajstić information content (AvgIpc) is 2.87. The SMILES string of the molecule is CC(C)(C)c1cc(C=Cc2nnco2)cc(C(C)(C)C)c1O. The van der Waals surface area contributed by atoms with Gasteiger partial charge in [0.15, 0.2) is 0 Å². The smallest absolute Gasteiger partial charge is 0.240 e. The van der Waals surface area contributed by atoms with E-state index in [1.54, 1.807) is 6.08 Å². The summed E-state index contributed by atoms with van der Waals surface area (Å²) in [6.07, 6.45) is 5.01. The molecule has 1 aromatic carbocycles. The van der Waals surface area contributed by atoms with Crippen molar-refractivity contribution in [2.75, 3.05) is 0 Å². The van der Waals surface area contributed by atoms with Gasteiger partial charge in [0.1, 0.15) is 5.75 Å². The molecule has 2 rings (SSSR count). The minimum Gasteiger partial charge on any atom is -0.507 e. The summed E-state index contributed by atoms with van der Waals surface area (Å²) in [7, 11) is 0. The monoisotopic (exact) mass is 300 g/mol. The van der Waals surface area contributed by atoms with Crippen LogP contribution in [0.5, 0.6) is 5.75 Å². The Bertz CT molecular complexity index is 637. The lowest BCUT2D eigenvalue weighted by molar-refractivity contribution is 0.423. The first kappa shape index (κ1) is 16.3. The van der Waals surface area contributed by atoms with Crippen LogP contribution in [0.3, 0.4) is 0 Å². The van der Waals surface area contributed by atoms with Gasteiger partial charge in [-0.2, -0.15) is 0 Å². The average molecular weight is 300 g/mol. The van der Waals surface area contributed by atoms with E-state index >= 15 is 0 Å². The fourth-order valence-corrected chi connectivity index (χ4v) is 2.32. The molecule has 4 nitrogen and oxygen atoms in total. The van der Waals surface area contributed by atoms with Gasteiger partial charge < -0.3 is 9.52 Å². The number of phenolic OH excluding ortho intramolecular Hbond substituents is 1. The molecular weight excluding hydrogens is 276 g/mol. The van der Waals surface area contributed by atoms with Gasteiger partial charge in [-0.25, -0.2) is 0 Å². The van der Waals surface area contributed by atoms with Gasteiger partial charge in [0.05, 0.1) is 0 Å². The van der Waals surface area contributed by atoms with Crippen LogP contribution in [0.2, 0.25) is 0 Å². The van der Waals surface area contributed by atoms with Crippen molar-refractivity contribution in [2.24, 2.45) is 0 Å². The molecule has 0 saturated heterocycles. The van der Waals surface area contributed by atoms with Crippen molar-refractivity contribution in [3.63, 3.8) is 0 Å². The zero-order chi connectivity index (χ0) is 16.5. The number of aromatic hydroxyl groups is 1. The largest absolute Gasteiger partial charge is 0.507 e. The van der Waals surface area contributed by atoms with Crippen LogP contribution in [0.15, 0.2) is 22.9 Å². The minimum atomic E-state index is -0.140. The van der Waals surface area contributed by atoms with Gasteiger partial charge in [0, 0.05) is 17.2 Å². The lowest BCUT2D eigenvalue weighted by Crippen LogP contribution is -2.17. The van der Waals surface area contributed by atoms with E-state index in [0.29, 0.717) is 11.6 Å². The first-order chi connectivity index (χ1) is 10.1. The fourth-order valence-electron chi connectivity index (χ4n) is 2.32. The fraction of sp³-hybridized carbons (Fsp3) is 0.444. The van der Waals surface area contributed by atoms with Crippen molar-refractivity contribution in [3.8, 4) is 5.75 Å². The number of benzene rings is 1. The molecule has 0 fully saturated rings. The Balaban J connectivity index is 2.55. The van der Waals surface area contributed by atoms with Crippen LogP contribution in [0.4, 0.5) is 0 Å². The highest BCUT2D eigenvalue weighted by Gasteiger charge is 2.26. The molecule has 0 radical (unpaired) electrons. The van der Waals surface area contributed by atoms with E-state index in [2.05, 4.69) is 51.7 Å².